The molecule has 0 radical (unpaired) electrons. The number of benzene rings is 1. The minimum absolute atomic E-state index is 0.263. The van der Waals surface area contributed by atoms with Gasteiger partial charge in [-0.05, 0) is 39.8 Å². The van der Waals surface area contributed by atoms with E-state index in [2.05, 4.69) is 10.6 Å². The van der Waals surface area contributed by atoms with Crippen LogP contribution in [0.3, 0.4) is 0 Å². The van der Waals surface area contributed by atoms with E-state index >= 15 is 0 Å². The first-order valence-electron chi connectivity index (χ1n) is 7.13. The summed E-state index contributed by atoms with van der Waals surface area (Å²) in [4.78, 5) is 35.4. The fraction of sp³-hybridized carbons (Fsp3) is 0.438. The molecule has 7 heteroatoms. The van der Waals surface area contributed by atoms with Crippen molar-refractivity contribution < 1.29 is 19.1 Å². The van der Waals surface area contributed by atoms with Gasteiger partial charge in [-0.15, -0.1) is 0 Å². The van der Waals surface area contributed by atoms with Crippen LogP contribution in [0.2, 0.25) is 5.02 Å². The highest BCUT2D eigenvalue weighted by atomic mass is 35.5. The number of ether oxygens (including phenoxy) is 1. The van der Waals surface area contributed by atoms with E-state index in [0.717, 1.165) is 0 Å². The van der Waals surface area contributed by atoms with Crippen LogP contribution in [-0.4, -0.2) is 36.0 Å². The predicted octanol–water partition coefficient (Wildman–Crippen LogP) is 1.92. The van der Waals surface area contributed by atoms with Crippen LogP contribution in [0.5, 0.6) is 0 Å². The van der Waals surface area contributed by atoms with Gasteiger partial charge in [-0.1, -0.05) is 23.7 Å². The van der Waals surface area contributed by atoms with Gasteiger partial charge in [0.15, 0.2) is 6.61 Å². The Bertz CT molecular complexity index is 596. The lowest BCUT2D eigenvalue weighted by Gasteiger charge is -2.20. The van der Waals surface area contributed by atoms with Gasteiger partial charge in [-0.2, -0.15) is 0 Å². The number of carbonyl (C=O) groups excluding carboxylic acids is 3. The van der Waals surface area contributed by atoms with Crippen LogP contribution >= 0.6 is 11.6 Å². The van der Waals surface area contributed by atoms with Crippen LogP contribution in [-0.2, 0) is 14.3 Å². The normalized spacial score (nSPS) is 12.2. The summed E-state index contributed by atoms with van der Waals surface area (Å²) in [6, 6.07) is 5.59. The van der Waals surface area contributed by atoms with Gasteiger partial charge in [0.1, 0.15) is 6.04 Å². The summed E-state index contributed by atoms with van der Waals surface area (Å²) in [6.45, 7) is 6.53. The number of esters is 1. The maximum absolute atomic E-state index is 12.0. The summed E-state index contributed by atoms with van der Waals surface area (Å²) in [7, 11) is 0. The first-order valence-corrected chi connectivity index (χ1v) is 7.51. The molecular weight excluding hydrogens is 320 g/mol. The minimum Gasteiger partial charge on any atom is -0.454 e. The molecule has 6 nitrogen and oxygen atoms in total. The Kier molecular flexibility index (Phi) is 6.57. The fourth-order valence-corrected chi connectivity index (χ4v) is 1.92. The monoisotopic (exact) mass is 340 g/mol. The zero-order valence-corrected chi connectivity index (χ0v) is 14.4. The summed E-state index contributed by atoms with van der Waals surface area (Å²) in [5.74, 6) is -1.59. The third-order valence-corrected chi connectivity index (χ3v) is 3.01. The summed E-state index contributed by atoms with van der Waals surface area (Å²) in [6.07, 6.45) is 0. The lowest BCUT2D eigenvalue weighted by Crippen LogP contribution is -2.44. The lowest BCUT2D eigenvalue weighted by atomic mass is 10.1. The van der Waals surface area contributed by atoms with Crippen LogP contribution in [0.4, 0.5) is 0 Å². The summed E-state index contributed by atoms with van der Waals surface area (Å²) < 4.78 is 4.88. The van der Waals surface area contributed by atoms with Gasteiger partial charge in [0.2, 0.25) is 0 Å². The molecule has 2 N–H and O–H groups in total. The SMILES string of the molecule is C[C@H](NC(=O)c1ccccc1Cl)C(=O)OCC(=O)NC(C)(C)C. The maximum Gasteiger partial charge on any atom is 0.328 e. The van der Waals surface area contributed by atoms with Gasteiger partial charge in [-0.3, -0.25) is 9.59 Å². The molecule has 0 unspecified atom stereocenters. The second-order valence-corrected chi connectivity index (χ2v) is 6.49. The van der Waals surface area contributed by atoms with E-state index in [1.165, 1.54) is 6.92 Å². The highest BCUT2D eigenvalue weighted by Gasteiger charge is 2.21. The van der Waals surface area contributed by atoms with Crippen LogP contribution in [0.1, 0.15) is 38.1 Å². The Morgan fingerprint density at radius 2 is 1.83 bits per heavy atom. The summed E-state index contributed by atoms with van der Waals surface area (Å²) in [5, 5.41) is 5.43. The lowest BCUT2D eigenvalue weighted by molar-refractivity contribution is -0.150. The van der Waals surface area contributed by atoms with Crippen LogP contribution in [0.15, 0.2) is 24.3 Å². The first kappa shape index (κ1) is 19.0. The molecule has 1 aromatic carbocycles. The van der Waals surface area contributed by atoms with Crippen molar-refractivity contribution in [2.75, 3.05) is 6.61 Å². The quantitative estimate of drug-likeness (QED) is 0.802. The molecule has 23 heavy (non-hydrogen) atoms. The van der Waals surface area contributed by atoms with E-state index in [1.54, 1.807) is 24.3 Å². The predicted molar refractivity (Wildman–Crippen MR) is 87.2 cm³/mol. The molecule has 1 atom stereocenters. The van der Waals surface area contributed by atoms with Gasteiger partial charge in [0, 0.05) is 5.54 Å². The van der Waals surface area contributed by atoms with Crippen molar-refractivity contribution in [3.8, 4) is 0 Å². The summed E-state index contributed by atoms with van der Waals surface area (Å²) in [5.41, 5.74) is -0.146. The molecule has 0 fully saturated rings. The Morgan fingerprint density at radius 1 is 1.22 bits per heavy atom. The highest BCUT2D eigenvalue weighted by Crippen LogP contribution is 2.14. The molecule has 0 saturated carbocycles. The number of rotatable bonds is 5. The topological polar surface area (TPSA) is 84.5 Å². The Morgan fingerprint density at radius 3 is 2.39 bits per heavy atom. The van der Waals surface area contributed by atoms with E-state index in [9.17, 15) is 14.4 Å². The van der Waals surface area contributed by atoms with E-state index in [0.29, 0.717) is 0 Å². The number of nitrogens with one attached hydrogen (secondary N) is 2. The van der Waals surface area contributed by atoms with Crippen LogP contribution in [0, 0.1) is 0 Å². The molecule has 0 spiro atoms. The molecule has 1 aromatic rings. The molecule has 126 valence electrons. The number of amides is 2. The van der Waals surface area contributed by atoms with Crippen molar-refractivity contribution in [3.63, 3.8) is 0 Å². The molecule has 0 aliphatic carbocycles. The van der Waals surface area contributed by atoms with E-state index < -0.39 is 36.0 Å². The van der Waals surface area contributed by atoms with E-state index in [-0.39, 0.29) is 10.6 Å². The van der Waals surface area contributed by atoms with Gasteiger partial charge < -0.3 is 15.4 Å². The standard InChI is InChI=1S/C16H21ClN2O4/c1-10(15(22)23-9-13(20)19-16(2,3)4)18-14(21)11-7-5-6-8-12(11)17/h5-8,10H,9H2,1-4H3,(H,18,21)(H,19,20)/t10-/m0/s1. The van der Waals surface area contributed by atoms with E-state index in [1.807, 2.05) is 20.8 Å². The summed E-state index contributed by atoms with van der Waals surface area (Å²) >= 11 is 5.92. The molecule has 0 aliphatic rings. The minimum atomic E-state index is -0.902. The van der Waals surface area contributed by atoms with Gasteiger partial charge in [0.05, 0.1) is 10.6 Å². The van der Waals surface area contributed by atoms with E-state index in [4.69, 9.17) is 16.3 Å². The van der Waals surface area contributed by atoms with Gasteiger partial charge in [-0.25, -0.2) is 4.79 Å². The van der Waals surface area contributed by atoms with Crippen LogP contribution in [0.25, 0.3) is 0 Å². The molecular formula is C16H21ClN2O4. The largest absolute Gasteiger partial charge is 0.454 e. The van der Waals surface area contributed by atoms with Crippen molar-refractivity contribution in [1.82, 2.24) is 10.6 Å². The van der Waals surface area contributed by atoms with Crippen molar-refractivity contribution in [3.05, 3.63) is 34.9 Å². The molecule has 0 bridgehead atoms. The van der Waals surface area contributed by atoms with Crippen LogP contribution < -0.4 is 10.6 Å². The maximum atomic E-state index is 12.0. The highest BCUT2D eigenvalue weighted by molar-refractivity contribution is 6.33. The van der Waals surface area contributed by atoms with Crippen molar-refractivity contribution >= 4 is 29.4 Å². The zero-order chi connectivity index (χ0) is 17.6. The number of carbonyl (C=O) groups is 3. The smallest absolute Gasteiger partial charge is 0.328 e. The molecule has 0 saturated heterocycles. The van der Waals surface area contributed by atoms with Crippen molar-refractivity contribution in [2.45, 2.75) is 39.3 Å². The molecule has 2 amide bonds. The average molecular weight is 341 g/mol. The molecule has 0 heterocycles. The second-order valence-electron chi connectivity index (χ2n) is 6.08. The van der Waals surface area contributed by atoms with Gasteiger partial charge in [0.25, 0.3) is 11.8 Å². The zero-order valence-electron chi connectivity index (χ0n) is 13.6. The third kappa shape index (κ3) is 6.69. The molecule has 0 aliphatic heterocycles. The Hall–Kier alpha value is -2.08. The number of hydrogen-bond donors (Lipinski definition) is 2. The Balaban J connectivity index is 2.50. The first-order chi connectivity index (χ1) is 10.6. The second kappa shape index (κ2) is 7.97. The molecule has 0 aromatic heterocycles. The van der Waals surface area contributed by atoms with Crippen molar-refractivity contribution in [2.24, 2.45) is 0 Å². The fourth-order valence-electron chi connectivity index (χ4n) is 1.69. The number of hydrogen-bond acceptors (Lipinski definition) is 4. The average Bonchev–Trinajstić information content (AvgIpc) is 2.43. The Labute approximate surface area is 140 Å². The third-order valence-electron chi connectivity index (χ3n) is 2.68. The van der Waals surface area contributed by atoms with Gasteiger partial charge >= 0.3 is 5.97 Å². The van der Waals surface area contributed by atoms with Crippen molar-refractivity contribution in [1.29, 1.82) is 0 Å². The number of halogens is 1. The molecule has 1 rings (SSSR count).